The molecule has 0 heterocycles. The molecule has 8 atom stereocenters. The summed E-state index contributed by atoms with van der Waals surface area (Å²) in [5.41, 5.74) is 4.32. The van der Waals surface area contributed by atoms with E-state index in [0.717, 1.165) is 24.2 Å². The van der Waals surface area contributed by atoms with Gasteiger partial charge in [-0.1, -0.05) is 76.6 Å². The van der Waals surface area contributed by atoms with Gasteiger partial charge in [0.2, 0.25) is 0 Å². The van der Waals surface area contributed by atoms with Crippen LogP contribution in [0.5, 0.6) is 0 Å². The fourth-order valence-corrected chi connectivity index (χ4v) is 12.7. The van der Waals surface area contributed by atoms with E-state index in [0.29, 0.717) is 35.0 Å². The molecule has 5 aliphatic rings. The lowest BCUT2D eigenvalue weighted by molar-refractivity contribution is -0.181. The molecule has 5 aliphatic carbocycles. The van der Waals surface area contributed by atoms with Crippen molar-refractivity contribution in [3.63, 3.8) is 0 Å². The molecule has 0 bridgehead atoms. The number of allylic oxidation sites excluding steroid dienone is 3. The van der Waals surface area contributed by atoms with Crippen LogP contribution in [0.4, 0.5) is 0 Å². The van der Waals surface area contributed by atoms with Gasteiger partial charge in [0.15, 0.2) is 0 Å². The highest BCUT2D eigenvalue weighted by atomic mass is 16.6. The largest absolute Gasteiger partial charge is 0.461 e. The summed E-state index contributed by atoms with van der Waals surface area (Å²) in [5.74, 6) is 3.13. The molecule has 0 N–H and O–H groups in total. The standard InChI is InChI=1S/C44H58O4.C3H6/c1-40(2,3)48-39(46)31-17-15-29(16-18-31)33-21-25-43(7)36(41(33,4)5)23-26-42(6)34-22-27-44(28-47-38(45)30-12-9-8-10-13-30)24-11-14-35(44)32(34)19-20-37(42)43;1-3-2/h8-10,12-13,15-18,21,32,34-37H,11,14,19-20,22-28H2,1-7H3;3H,1H2,2H3. The molecule has 4 heteroatoms. The number of carbonyl (C=O) groups is 2. The van der Waals surface area contributed by atoms with Crippen molar-refractivity contribution in [3.8, 4) is 0 Å². The first kappa shape index (κ1) is 37.6. The molecule has 7 rings (SSSR count). The van der Waals surface area contributed by atoms with Crippen molar-refractivity contribution in [3.05, 3.63) is 90.0 Å². The van der Waals surface area contributed by atoms with Crippen molar-refractivity contribution < 1.29 is 19.1 Å². The number of ether oxygens (including phenoxy) is 2. The summed E-state index contributed by atoms with van der Waals surface area (Å²) in [6.45, 7) is 21.9. The third-order valence-corrected chi connectivity index (χ3v) is 14.6. The van der Waals surface area contributed by atoms with Gasteiger partial charge in [0.25, 0.3) is 0 Å². The Morgan fingerprint density at radius 3 is 2.12 bits per heavy atom. The Hall–Kier alpha value is -3.14. The van der Waals surface area contributed by atoms with Crippen LogP contribution in [0.15, 0.2) is 73.3 Å². The average molecular weight is 693 g/mol. The van der Waals surface area contributed by atoms with E-state index in [4.69, 9.17) is 9.47 Å². The van der Waals surface area contributed by atoms with Crippen LogP contribution in [-0.4, -0.2) is 24.1 Å². The minimum atomic E-state index is -0.502. The molecule has 0 aliphatic heterocycles. The minimum absolute atomic E-state index is 0.0500. The summed E-state index contributed by atoms with van der Waals surface area (Å²) in [6.07, 6.45) is 17.0. The van der Waals surface area contributed by atoms with Crippen molar-refractivity contribution in [2.75, 3.05) is 6.61 Å². The van der Waals surface area contributed by atoms with Crippen molar-refractivity contribution in [2.45, 2.75) is 125 Å². The summed E-state index contributed by atoms with van der Waals surface area (Å²) in [5, 5.41) is 0. The van der Waals surface area contributed by atoms with Crippen molar-refractivity contribution in [2.24, 2.45) is 51.2 Å². The minimum Gasteiger partial charge on any atom is -0.461 e. The summed E-state index contributed by atoms with van der Waals surface area (Å²) < 4.78 is 11.7. The Bertz CT molecular complexity index is 1610. The van der Waals surface area contributed by atoms with Gasteiger partial charge in [-0.2, -0.15) is 0 Å². The predicted molar refractivity (Wildman–Crippen MR) is 208 cm³/mol. The third-order valence-electron chi connectivity index (χ3n) is 14.6. The second-order valence-electron chi connectivity index (χ2n) is 18.9. The first-order valence-corrected chi connectivity index (χ1v) is 19.9. The number of hydrogen-bond acceptors (Lipinski definition) is 4. The van der Waals surface area contributed by atoms with E-state index in [1.807, 2.05) is 70.2 Å². The average Bonchev–Trinajstić information content (AvgIpc) is 3.52. The van der Waals surface area contributed by atoms with Crippen LogP contribution in [0.25, 0.3) is 5.57 Å². The Morgan fingerprint density at radius 2 is 1.45 bits per heavy atom. The molecule has 4 nitrogen and oxygen atoms in total. The van der Waals surface area contributed by atoms with E-state index >= 15 is 0 Å². The Balaban J connectivity index is 0.00000144. The molecule has 4 fully saturated rings. The maximum absolute atomic E-state index is 13.0. The van der Waals surface area contributed by atoms with Gasteiger partial charge in [0.1, 0.15) is 5.60 Å². The van der Waals surface area contributed by atoms with E-state index in [9.17, 15) is 9.59 Å². The van der Waals surface area contributed by atoms with Gasteiger partial charge >= 0.3 is 11.9 Å². The Morgan fingerprint density at radius 1 is 0.784 bits per heavy atom. The van der Waals surface area contributed by atoms with Gasteiger partial charge in [-0.3, -0.25) is 0 Å². The molecule has 2 aromatic rings. The van der Waals surface area contributed by atoms with E-state index < -0.39 is 5.60 Å². The second kappa shape index (κ2) is 14.0. The molecule has 0 amide bonds. The van der Waals surface area contributed by atoms with Crippen LogP contribution >= 0.6 is 0 Å². The van der Waals surface area contributed by atoms with Crippen molar-refractivity contribution >= 4 is 17.5 Å². The van der Waals surface area contributed by atoms with E-state index in [1.165, 1.54) is 68.9 Å². The predicted octanol–water partition coefficient (Wildman–Crippen LogP) is 12.1. The van der Waals surface area contributed by atoms with Crippen LogP contribution in [0.3, 0.4) is 0 Å². The molecule has 276 valence electrons. The zero-order chi connectivity index (χ0) is 36.8. The lowest BCUT2D eigenvalue weighted by Crippen LogP contribution is -2.61. The van der Waals surface area contributed by atoms with E-state index in [2.05, 4.69) is 52.5 Å². The highest BCUT2D eigenvalue weighted by Crippen LogP contribution is 2.73. The molecule has 0 saturated heterocycles. The normalized spacial score (nSPS) is 34.9. The highest BCUT2D eigenvalue weighted by molar-refractivity contribution is 5.90. The maximum atomic E-state index is 13.0. The second-order valence-corrected chi connectivity index (χ2v) is 18.9. The van der Waals surface area contributed by atoms with Gasteiger partial charge in [-0.05, 0) is 167 Å². The zero-order valence-corrected chi connectivity index (χ0v) is 32.9. The lowest BCUT2D eigenvalue weighted by Gasteiger charge is -2.68. The quantitative estimate of drug-likeness (QED) is 0.231. The number of rotatable bonds is 5. The van der Waals surface area contributed by atoms with Gasteiger partial charge in [-0.25, -0.2) is 9.59 Å². The van der Waals surface area contributed by atoms with Crippen LogP contribution < -0.4 is 0 Å². The van der Waals surface area contributed by atoms with Crippen LogP contribution in [-0.2, 0) is 9.47 Å². The van der Waals surface area contributed by atoms with Crippen LogP contribution in [0.1, 0.15) is 146 Å². The molecular formula is C47H64O4. The number of esters is 2. The summed E-state index contributed by atoms with van der Waals surface area (Å²) in [7, 11) is 0. The van der Waals surface area contributed by atoms with Gasteiger partial charge in [-0.15, -0.1) is 6.58 Å². The molecule has 0 radical (unpaired) electrons. The first-order valence-electron chi connectivity index (χ1n) is 19.9. The molecular weight excluding hydrogens is 629 g/mol. The van der Waals surface area contributed by atoms with Crippen molar-refractivity contribution in [1.29, 1.82) is 0 Å². The lowest BCUT2D eigenvalue weighted by atomic mass is 9.36. The first-order chi connectivity index (χ1) is 24.1. The Labute approximate surface area is 308 Å². The van der Waals surface area contributed by atoms with Crippen molar-refractivity contribution in [1.82, 2.24) is 0 Å². The van der Waals surface area contributed by atoms with E-state index in [1.54, 1.807) is 6.08 Å². The fraction of sp³-hybridized carbons (Fsp3) is 0.617. The molecule has 0 aromatic heterocycles. The summed E-state index contributed by atoms with van der Waals surface area (Å²) >= 11 is 0. The summed E-state index contributed by atoms with van der Waals surface area (Å²) in [6, 6.07) is 17.7. The van der Waals surface area contributed by atoms with Gasteiger partial charge in [0, 0.05) is 5.41 Å². The number of fused-ring (bicyclic) bond motifs is 7. The fourth-order valence-electron chi connectivity index (χ4n) is 12.7. The Kier molecular flexibility index (Phi) is 10.3. The van der Waals surface area contributed by atoms with Crippen LogP contribution in [0, 0.1) is 51.2 Å². The summed E-state index contributed by atoms with van der Waals surface area (Å²) in [4.78, 5) is 25.7. The molecule has 51 heavy (non-hydrogen) atoms. The zero-order valence-electron chi connectivity index (χ0n) is 32.9. The van der Waals surface area contributed by atoms with Gasteiger partial charge < -0.3 is 9.47 Å². The van der Waals surface area contributed by atoms with Gasteiger partial charge in [0.05, 0.1) is 17.7 Å². The maximum Gasteiger partial charge on any atom is 0.338 e. The third kappa shape index (κ3) is 6.79. The monoisotopic (exact) mass is 692 g/mol. The number of carbonyl (C=O) groups excluding carboxylic acids is 2. The smallest absolute Gasteiger partial charge is 0.338 e. The SMILES string of the molecule is C=CC.CC(C)(C)OC(=O)c1ccc(C2=CCC3(C)C(CCC4(C)C5CCC6(COC(=O)c7ccccc7)CCCC6C5CCC43)C2(C)C)cc1. The van der Waals surface area contributed by atoms with E-state index in [-0.39, 0.29) is 28.2 Å². The molecule has 8 unspecified atom stereocenters. The topological polar surface area (TPSA) is 52.6 Å². The number of benzene rings is 2. The molecule has 0 spiro atoms. The highest BCUT2D eigenvalue weighted by Gasteiger charge is 2.65. The van der Waals surface area contributed by atoms with Crippen LogP contribution in [0.2, 0.25) is 0 Å². The number of hydrogen-bond donors (Lipinski definition) is 0. The molecule has 2 aromatic carbocycles. The molecule has 4 saturated carbocycles.